The molecule has 1 fully saturated rings. The van der Waals surface area contributed by atoms with Gasteiger partial charge in [0.1, 0.15) is 5.82 Å². The molecule has 150 valence electrons. The van der Waals surface area contributed by atoms with Gasteiger partial charge in [0, 0.05) is 50.6 Å². The second-order valence-electron chi connectivity index (χ2n) is 7.63. The van der Waals surface area contributed by atoms with Crippen molar-refractivity contribution < 1.29 is 0 Å². The molecule has 0 unspecified atom stereocenters. The molecule has 3 aromatic rings. The van der Waals surface area contributed by atoms with Crippen molar-refractivity contribution in [1.29, 1.82) is 0 Å². The highest BCUT2D eigenvalue weighted by atomic mass is 16.1. The van der Waals surface area contributed by atoms with Crippen molar-refractivity contribution >= 4 is 5.82 Å². The minimum Gasteiger partial charge on any atom is -0.354 e. The molecule has 3 heterocycles. The molecule has 1 N–H and O–H groups in total. The van der Waals surface area contributed by atoms with Crippen LogP contribution in [0.4, 0.5) is 5.82 Å². The molecule has 29 heavy (non-hydrogen) atoms. The number of aromatic nitrogens is 2. The zero-order valence-corrected chi connectivity index (χ0v) is 17.4. The summed E-state index contributed by atoms with van der Waals surface area (Å²) in [6, 6.07) is 14.7. The zero-order chi connectivity index (χ0) is 20.4. The van der Waals surface area contributed by atoms with Gasteiger partial charge in [-0.2, -0.15) is 0 Å². The molecule has 0 radical (unpaired) electrons. The number of nitrogens with zero attached hydrogens (tertiary/aromatic N) is 3. The number of piperazine rings is 1. The molecular formula is C24H28N4O. The Bertz CT molecular complexity index is 1050. The Morgan fingerprint density at radius 1 is 1.03 bits per heavy atom. The average molecular weight is 389 g/mol. The van der Waals surface area contributed by atoms with Crippen LogP contribution in [0.15, 0.2) is 53.5 Å². The summed E-state index contributed by atoms with van der Waals surface area (Å²) in [5.41, 5.74) is 6.39. The molecule has 1 saturated heterocycles. The summed E-state index contributed by atoms with van der Waals surface area (Å²) in [7, 11) is 1.81. The predicted molar refractivity (Wildman–Crippen MR) is 120 cm³/mol. The van der Waals surface area contributed by atoms with E-state index in [1.54, 1.807) is 4.57 Å². The summed E-state index contributed by atoms with van der Waals surface area (Å²) < 4.78 is 1.66. The van der Waals surface area contributed by atoms with Gasteiger partial charge in [-0.15, -0.1) is 0 Å². The molecule has 2 aromatic heterocycles. The van der Waals surface area contributed by atoms with Crippen LogP contribution in [0.2, 0.25) is 0 Å². The lowest BCUT2D eigenvalue weighted by Gasteiger charge is -2.29. The van der Waals surface area contributed by atoms with Crippen LogP contribution in [0.25, 0.3) is 22.3 Å². The van der Waals surface area contributed by atoms with Gasteiger partial charge in [0.25, 0.3) is 5.56 Å². The van der Waals surface area contributed by atoms with Gasteiger partial charge in [0.15, 0.2) is 0 Å². The van der Waals surface area contributed by atoms with E-state index in [0.717, 1.165) is 71.9 Å². The van der Waals surface area contributed by atoms with E-state index in [9.17, 15) is 4.79 Å². The standard InChI is InChI=1S/C24H28N4O/c1-4-22-21(9-10-23(26-22)28-13-11-25-12-14-28)20-8-6-5-7-19(20)18-15-17(2)24(29)27(3)16-18/h5-10,15-16,25H,4,11-14H2,1-3H3. The highest BCUT2D eigenvalue weighted by molar-refractivity contribution is 5.84. The number of rotatable bonds is 4. The predicted octanol–water partition coefficient (Wildman–Crippen LogP) is 3.39. The first-order valence-corrected chi connectivity index (χ1v) is 10.3. The maximum atomic E-state index is 12.1. The van der Waals surface area contributed by atoms with Crippen LogP contribution in [0, 0.1) is 6.92 Å². The van der Waals surface area contributed by atoms with Gasteiger partial charge in [0.2, 0.25) is 0 Å². The smallest absolute Gasteiger partial charge is 0.253 e. The van der Waals surface area contributed by atoms with E-state index < -0.39 is 0 Å². The van der Waals surface area contributed by atoms with Gasteiger partial charge >= 0.3 is 0 Å². The summed E-state index contributed by atoms with van der Waals surface area (Å²) >= 11 is 0. The normalized spacial score (nSPS) is 14.2. The van der Waals surface area contributed by atoms with Crippen molar-refractivity contribution in [3.63, 3.8) is 0 Å². The van der Waals surface area contributed by atoms with Crippen LogP contribution in [-0.2, 0) is 13.5 Å². The first-order valence-electron chi connectivity index (χ1n) is 10.3. The minimum atomic E-state index is 0.0440. The van der Waals surface area contributed by atoms with Crippen molar-refractivity contribution in [2.45, 2.75) is 20.3 Å². The Hall–Kier alpha value is -2.92. The number of aryl methyl sites for hydroxylation is 3. The van der Waals surface area contributed by atoms with E-state index in [1.165, 1.54) is 0 Å². The van der Waals surface area contributed by atoms with Gasteiger partial charge in [0.05, 0.1) is 5.69 Å². The minimum absolute atomic E-state index is 0.0440. The van der Waals surface area contributed by atoms with Crippen molar-refractivity contribution in [2.75, 3.05) is 31.1 Å². The summed E-state index contributed by atoms with van der Waals surface area (Å²) in [5.74, 6) is 1.06. The lowest BCUT2D eigenvalue weighted by atomic mass is 9.93. The monoisotopic (exact) mass is 388 g/mol. The fourth-order valence-electron chi connectivity index (χ4n) is 4.07. The fraction of sp³-hybridized carbons (Fsp3) is 0.333. The average Bonchev–Trinajstić information content (AvgIpc) is 2.77. The number of pyridine rings is 2. The molecule has 0 aliphatic carbocycles. The number of hydrogen-bond acceptors (Lipinski definition) is 4. The highest BCUT2D eigenvalue weighted by Gasteiger charge is 2.16. The third kappa shape index (κ3) is 3.83. The van der Waals surface area contributed by atoms with E-state index >= 15 is 0 Å². The maximum Gasteiger partial charge on any atom is 0.253 e. The van der Waals surface area contributed by atoms with Crippen LogP contribution in [-0.4, -0.2) is 35.7 Å². The largest absolute Gasteiger partial charge is 0.354 e. The molecule has 5 nitrogen and oxygen atoms in total. The Morgan fingerprint density at radius 3 is 2.45 bits per heavy atom. The number of hydrogen-bond donors (Lipinski definition) is 1. The third-order valence-corrected chi connectivity index (χ3v) is 5.63. The van der Waals surface area contributed by atoms with E-state index in [4.69, 9.17) is 4.98 Å². The van der Waals surface area contributed by atoms with Gasteiger partial charge in [-0.1, -0.05) is 31.2 Å². The van der Waals surface area contributed by atoms with Crippen LogP contribution in [0.5, 0.6) is 0 Å². The Labute approximate surface area is 172 Å². The Kier molecular flexibility index (Phi) is 5.49. The van der Waals surface area contributed by atoms with Crippen molar-refractivity contribution in [3.05, 3.63) is 70.3 Å². The molecule has 1 aromatic carbocycles. The lowest BCUT2D eigenvalue weighted by molar-refractivity contribution is 0.584. The number of nitrogens with one attached hydrogen (secondary N) is 1. The Balaban J connectivity index is 1.81. The third-order valence-electron chi connectivity index (χ3n) is 5.63. The van der Waals surface area contributed by atoms with Crippen molar-refractivity contribution in [1.82, 2.24) is 14.9 Å². The molecule has 0 atom stereocenters. The van der Waals surface area contributed by atoms with Crippen molar-refractivity contribution in [2.24, 2.45) is 7.05 Å². The van der Waals surface area contributed by atoms with E-state index in [1.807, 2.05) is 32.3 Å². The van der Waals surface area contributed by atoms with Crippen LogP contribution in [0.3, 0.4) is 0 Å². The quantitative estimate of drug-likeness (QED) is 0.744. The molecule has 4 rings (SSSR count). The molecule has 1 aliphatic rings. The Morgan fingerprint density at radius 2 is 1.76 bits per heavy atom. The molecule has 0 saturated carbocycles. The molecule has 0 spiro atoms. The van der Waals surface area contributed by atoms with Crippen molar-refractivity contribution in [3.8, 4) is 22.3 Å². The van der Waals surface area contributed by atoms with Gasteiger partial charge in [-0.25, -0.2) is 4.98 Å². The van der Waals surface area contributed by atoms with E-state index in [2.05, 4.69) is 47.5 Å². The maximum absolute atomic E-state index is 12.1. The van der Waals surface area contributed by atoms with Gasteiger partial charge in [-0.3, -0.25) is 4.79 Å². The lowest BCUT2D eigenvalue weighted by Crippen LogP contribution is -2.43. The molecule has 0 amide bonds. The first kappa shape index (κ1) is 19.4. The van der Waals surface area contributed by atoms with Gasteiger partial charge < -0.3 is 14.8 Å². The van der Waals surface area contributed by atoms with E-state index in [-0.39, 0.29) is 5.56 Å². The SMILES string of the molecule is CCc1nc(N2CCNCC2)ccc1-c1ccccc1-c1cc(C)c(=O)n(C)c1. The van der Waals surface area contributed by atoms with Crippen LogP contribution >= 0.6 is 0 Å². The fourth-order valence-corrected chi connectivity index (χ4v) is 4.07. The molecule has 5 heteroatoms. The second kappa shape index (κ2) is 8.21. The highest BCUT2D eigenvalue weighted by Crippen LogP contribution is 2.34. The molecule has 0 bridgehead atoms. The van der Waals surface area contributed by atoms with Gasteiger partial charge in [-0.05, 0) is 48.2 Å². The summed E-state index contributed by atoms with van der Waals surface area (Å²) in [4.78, 5) is 19.5. The molecular weight excluding hydrogens is 360 g/mol. The first-order chi connectivity index (χ1) is 14.1. The van der Waals surface area contributed by atoms with Crippen LogP contribution < -0.4 is 15.8 Å². The molecule has 1 aliphatic heterocycles. The summed E-state index contributed by atoms with van der Waals surface area (Å²) in [5, 5.41) is 3.40. The summed E-state index contributed by atoms with van der Waals surface area (Å²) in [6.45, 7) is 8.01. The number of benzene rings is 1. The second-order valence-corrected chi connectivity index (χ2v) is 7.63. The van der Waals surface area contributed by atoms with E-state index in [0.29, 0.717) is 0 Å². The van der Waals surface area contributed by atoms with Crippen LogP contribution in [0.1, 0.15) is 18.2 Å². The topological polar surface area (TPSA) is 50.2 Å². The zero-order valence-electron chi connectivity index (χ0n) is 17.4. The summed E-state index contributed by atoms with van der Waals surface area (Å²) in [6.07, 6.45) is 2.79. The number of anilines is 1.